The Morgan fingerprint density at radius 2 is 2.07 bits per heavy atom. The number of nitrogens with two attached hydrogens (primary N) is 1. The zero-order chi connectivity index (χ0) is 11.2. The third kappa shape index (κ3) is 6.50. The summed E-state index contributed by atoms with van der Waals surface area (Å²) >= 11 is 0. The van der Waals surface area contributed by atoms with Gasteiger partial charge in [-0.3, -0.25) is 4.79 Å². The molecule has 2 N–H and O–H groups in total. The van der Waals surface area contributed by atoms with E-state index < -0.39 is 11.6 Å². The molecule has 80 valence electrons. The van der Waals surface area contributed by atoms with Gasteiger partial charge < -0.3 is 10.5 Å². The minimum atomic E-state index is -0.560. The Bertz CT molecular complexity index is 242. The highest BCUT2D eigenvalue weighted by Gasteiger charge is 2.21. The van der Waals surface area contributed by atoms with E-state index in [4.69, 9.17) is 10.5 Å². The van der Waals surface area contributed by atoms with Crippen molar-refractivity contribution in [3.63, 3.8) is 0 Å². The molecule has 1 unspecified atom stereocenters. The summed E-state index contributed by atoms with van der Waals surface area (Å²) in [7, 11) is 0. The molecule has 0 aliphatic carbocycles. The Morgan fingerprint density at radius 1 is 1.50 bits per heavy atom. The van der Waals surface area contributed by atoms with E-state index in [2.05, 4.69) is 11.8 Å². The van der Waals surface area contributed by atoms with Crippen molar-refractivity contribution in [3.8, 4) is 11.8 Å². The minimum Gasteiger partial charge on any atom is -0.459 e. The third-order valence-corrected chi connectivity index (χ3v) is 1.47. The van der Waals surface area contributed by atoms with Crippen molar-refractivity contribution < 1.29 is 9.53 Å². The first-order chi connectivity index (χ1) is 6.37. The van der Waals surface area contributed by atoms with Crippen molar-refractivity contribution in [3.05, 3.63) is 0 Å². The van der Waals surface area contributed by atoms with E-state index in [1.54, 1.807) is 6.92 Å². The van der Waals surface area contributed by atoms with Crippen LogP contribution in [0.5, 0.6) is 0 Å². The third-order valence-electron chi connectivity index (χ3n) is 1.47. The molecule has 0 aliphatic rings. The summed E-state index contributed by atoms with van der Waals surface area (Å²) in [5.74, 6) is 5.26. The molecule has 0 rings (SSSR count). The molecule has 0 radical (unpaired) electrons. The van der Waals surface area contributed by atoms with Gasteiger partial charge in [0.05, 0.1) is 0 Å². The molecule has 0 aromatic carbocycles. The van der Waals surface area contributed by atoms with Crippen LogP contribution in [0.3, 0.4) is 0 Å². The maximum atomic E-state index is 11.4. The van der Waals surface area contributed by atoms with Gasteiger partial charge in [-0.15, -0.1) is 11.8 Å². The Labute approximate surface area is 86.0 Å². The highest BCUT2D eigenvalue weighted by Crippen LogP contribution is 2.09. The highest BCUT2D eigenvalue weighted by molar-refractivity contribution is 5.75. The van der Waals surface area contributed by atoms with Crippen molar-refractivity contribution in [2.45, 2.75) is 52.2 Å². The zero-order valence-electron chi connectivity index (χ0n) is 9.39. The zero-order valence-corrected chi connectivity index (χ0v) is 9.39. The summed E-state index contributed by atoms with van der Waals surface area (Å²) in [4.78, 5) is 11.4. The van der Waals surface area contributed by atoms with Crippen LogP contribution < -0.4 is 5.73 Å². The van der Waals surface area contributed by atoms with Crippen molar-refractivity contribution in [2.24, 2.45) is 5.73 Å². The quantitative estimate of drug-likeness (QED) is 0.550. The van der Waals surface area contributed by atoms with Gasteiger partial charge in [-0.05, 0) is 34.1 Å². The van der Waals surface area contributed by atoms with E-state index in [9.17, 15) is 4.79 Å². The summed E-state index contributed by atoms with van der Waals surface area (Å²) in [6.07, 6.45) is 1.19. The molecule has 0 saturated heterocycles. The van der Waals surface area contributed by atoms with E-state index in [-0.39, 0.29) is 5.97 Å². The van der Waals surface area contributed by atoms with Crippen LogP contribution in [-0.2, 0) is 9.53 Å². The van der Waals surface area contributed by atoms with Gasteiger partial charge in [-0.25, -0.2) is 0 Å². The second-order valence-corrected chi connectivity index (χ2v) is 4.11. The smallest absolute Gasteiger partial charge is 0.323 e. The lowest BCUT2D eigenvalue weighted by atomic mass is 10.1. The van der Waals surface area contributed by atoms with Crippen molar-refractivity contribution >= 4 is 5.97 Å². The normalized spacial score (nSPS) is 12.6. The van der Waals surface area contributed by atoms with Gasteiger partial charge in [0.2, 0.25) is 0 Å². The fraction of sp³-hybridized carbons (Fsp3) is 0.727. The standard InChI is InChI=1S/C11H19NO2/c1-5-6-7-8-9(12)10(13)14-11(2,3)4/h9H,7-8,12H2,1-4H3. The Hall–Kier alpha value is -1.01. The molecule has 14 heavy (non-hydrogen) atoms. The second-order valence-electron chi connectivity index (χ2n) is 4.11. The Kier molecular flexibility index (Phi) is 5.26. The van der Waals surface area contributed by atoms with Crippen molar-refractivity contribution in [2.75, 3.05) is 0 Å². The summed E-state index contributed by atoms with van der Waals surface area (Å²) in [5, 5.41) is 0. The lowest BCUT2D eigenvalue weighted by molar-refractivity contribution is -0.156. The fourth-order valence-electron chi connectivity index (χ4n) is 0.848. The molecule has 3 heteroatoms. The average molecular weight is 197 g/mol. The first-order valence-corrected chi connectivity index (χ1v) is 4.75. The highest BCUT2D eigenvalue weighted by atomic mass is 16.6. The number of carbonyl (C=O) groups excluding carboxylic acids is 1. The van der Waals surface area contributed by atoms with Gasteiger partial charge in [0.15, 0.2) is 0 Å². The maximum Gasteiger partial charge on any atom is 0.323 e. The lowest BCUT2D eigenvalue weighted by Crippen LogP contribution is -2.37. The van der Waals surface area contributed by atoms with Gasteiger partial charge in [0.1, 0.15) is 11.6 Å². The summed E-state index contributed by atoms with van der Waals surface area (Å²) in [5.41, 5.74) is 5.16. The van der Waals surface area contributed by atoms with Crippen molar-refractivity contribution in [1.82, 2.24) is 0 Å². The van der Waals surface area contributed by atoms with Crippen LogP contribution in [-0.4, -0.2) is 17.6 Å². The molecule has 0 aliphatic heterocycles. The first-order valence-electron chi connectivity index (χ1n) is 4.75. The first kappa shape index (κ1) is 13.0. The van der Waals surface area contributed by atoms with Crippen molar-refractivity contribution in [1.29, 1.82) is 0 Å². The lowest BCUT2D eigenvalue weighted by Gasteiger charge is -2.21. The number of hydrogen-bond acceptors (Lipinski definition) is 3. The molecular formula is C11H19NO2. The summed E-state index contributed by atoms with van der Waals surface area (Å²) in [6.45, 7) is 7.23. The Balaban J connectivity index is 3.92. The van der Waals surface area contributed by atoms with Crippen LogP contribution in [0.2, 0.25) is 0 Å². The van der Waals surface area contributed by atoms with E-state index in [1.807, 2.05) is 20.8 Å². The molecule has 0 fully saturated rings. The second kappa shape index (κ2) is 5.66. The predicted molar refractivity (Wildman–Crippen MR) is 56.5 cm³/mol. The molecule has 0 heterocycles. The molecule has 0 bridgehead atoms. The Morgan fingerprint density at radius 3 is 2.50 bits per heavy atom. The molecule has 0 aromatic rings. The number of hydrogen-bond donors (Lipinski definition) is 1. The van der Waals surface area contributed by atoms with Gasteiger partial charge >= 0.3 is 5.97 Å². The van der Waals surface area contributed by atoms with Crippen LogP contribution in [0.1, 0.15) is 40.5 Å². The largest absolute Gasteiger partial charge is 0.459 e. The van der Waals surface area contributed by atoms with Crippen LogP contribution in [0.15, 0.2) is 0 Å². The fourth-order valence-corrected chi connectivity index (χ4v) is 0.848. The molecule has 0 amide bonds. The van der Waals surface area contributed by atoms with Crippen LogP contribution >= 0.6 is 0 Å². The topological polar surface area (TPSA) is 52.3 Å². The number of esters is 1. The molecule has 0 saturated carbocycles. The van der Waals surface area contributed by atoms with E-state index in [0.29, 0.717) is 12.8 Å². The molecule has 0 spiro atoms. The van der Waals surface area contributed by atoms with Crippen LogP contribution in [0.4, 0.5) is 0 Å². The van der Waals surface area contributed by atoms with Gasteiger partial charge in [-0.2, -0.15) is 0 Å². The molecule has 1 atom stereocenters. The average Bonchev–Trinajstić information content (AvgIpc) is 2.01. The van der Waals surface area contributed by atoms with E-state index in [0.717, 1.165) is 0 Å². The summed E-state index contributed by atoms with van der Waals surface area (Å²) < 4.78 is 5.12. The van der Waals surface area contributed by atoms with Crippen LogP contribution in [0.25, 0.3) is 0 Å². The van der Waals surface area contributed by atoms with Gasteiger partial charge in [0, 0.05) is 6.42 Å². The van der Waals surface area contributed by atoms with E-state index >= 15 is 0 Å². The molecule has 3 nitrogen and oxygen atoms in total. The number of rotatable bonds is 3. The SMILES string of the molecule is CC#CCCC(N)C(=O)OC(C)(C)C. The maximum absolute atomic E-state index is 11.4. The predicted octanol–water partition coefficient (Wildman–Crippen LogP) is 1.46. The number of ether oxygens (including phenoxy) is 1. The van der Waals surface area contributed by atoms with E-state index in [1.165, 1.54) is 0 Å². The minimum absolute atomic E-state index is 0.351. The monoisotopic (exact) mass is 197 g/mol. The molecular weight excluding hydrogens is 178 g/mol. The summed E-state index contributed by atoms with van der Waals surface area (Å²) in [6, 6.07) is -0.560. The van der Waals surface area contributed by atoms with Gasteiger partial charge in [0.25, 0.3) is 0 Å². The van der Waals surface area contributed by atoms with Crippen LogP contribution in [0, 0.1) is 11.8 Å². The molecule has 0 aromatic heterocycles. The van der Waals surface area contributed by atoms with Gasteiger partial charge in [-0.1, -0.05) is 0 Å². The number of carbonyl (C=O) groups is 1.